The van der Waals surface area contributed by atoms with Crippen molar-refractivity contribution >= 4 is 0 Å². The molecule has 0 nitrogen and oxygen atoms in total. The average molecular weight is 667 g/mol. The largest absolute Gasteiger partial charge is 0.0654 e. The highest BCUT2D eigenvalue weighted by Gasteiger charge is 2.42. The molecule has 0 saturated carbocycles. The number of benzene rings is 6. The molecule has 0 amide bonds. The fourth-order valence-corrected chi connectivity index (χ4v) is 9.04. The van der Waals surface area contributed by atoms with Crippen LogP contribution in [0.5, 0.6) is 0 Å². The number of fused-ring (bicyclic) bond motifs is 3. The lowest BCUT2D eigenvalue weighted by molar-refractivity contribution is 0.414. The molecule has 258 valence electrons. The molecule has 0 radical (unpaired) electrons. The molecule has 0 heterocycles. The lowest BCUT2D eigenvalue weighted by Gasteiger charge is -2.33. The van der Waals surface area contributed by atoms with Gasteiger partial charge in [0, 0.05) is 5.41 Å². The molecule has 0 heteroatoms. The Balaban J connectivity index is 1.31. The topological polar surface area (TPSA) is 0 Å². The lowest BCUT2D eigenvalue weighted by atomic mass is 9.70. The zero-order valence-electron chi connectivity index (χ0n) is 32.1. The van der Waals surface area contributed by atoms with Gasteiger partial charge in [-0.25, -0.2) is 0 Å². The fourth-order valence-electron chi connectivity index (χ4n) is 9.04. The van der Waals surface area contributed by atoms with E-state index in [2.05, 4.69) is 165 Å². The van der Waals surface area contributed by atoms with E-state index in [9.17, 15) is 0 Å². The summed E-state index contributed by atoms with van der Waals surface area (Å²) in [6.07, 6.45) is 7.23. The summed E-state index contributed by atoms with van der Waals surface area (Å²) in [7, 11) is 0. The predicted octanol–water partition coefficient (Wildman–Crippen LogP) is 14.9. The summed E-state index contributed by atoms with van der Waals surface area (Å²) in [6.45, 7) is 18.1. The van der Waals surface area contributed by atoms with E-state index >= 15 is 0 Å². The van der Waals surface area contributed by atoms with Gasteiger partial charge < -0.3 is 0 Å². The van der Waals surface area contributed by atoms with E-state index in [1.54, 1.807) is 0 Å². The Bertz CT molecular complexity index is 2080. The van der Waals surface area contributed by atoms with Crippen LogP contribution in [-0.2, 0) is 5.41 Å². The van der Waals surface area contributed by atoms with Crippen LogP contribution < -0.4 is 0 Å². The zero-order chi connectivity index (χ0) is 35.9. The Morgan fingerprint density at radius 1 is 0.353 bits per heavy atom. The van der Waals surface area contributed by atoms with Gasteiger partial charge in [-0.15, -0.1) is 0 Å². The van der Waals surface area contributed by atoms with Gasteiger partial charge in [0.1, 0.15) is 0 Å². The van der Waals surface area contributed by atoms with Crippen molar-refractivity contribution in [2.45, 2.75) is 99.3 Å². The molecule has 0 N–H and O–H groups in total. The average Bonchev–Trinajstić information content (AvgIpc) is 3.38. The molecule has 1 aliphatic rings. The Hall–Kier alpha value is -4.68. The molecule has 0 unspecified atom stereocenters. The standard InChI is InChI=1S/C51H54/c1-9-11-25-51(26-12-10-2)49-31-41(45-21-15-39(29-37(45)7)43-19-13-33(3)27-35(43)5)17-23-47(49)48-24-18-42(32-50(48)51)46-22-16-40(30-38(46)8)44-20-14-34(4)28-36(44)6/h13-24,27-32H,9-12,25-26H2,1-8H3. The molecule has 51 heavy (non-hydrogen) atoms. The molecule has 6 aromatic carbocycles. The van der Waals surface area contributed by atoms with Crippen molar-refractivity contribution in [2.75, 3.05) is 0 Å². The number of aryl methyl sites for hydroxylation is 6. The van der Waals surface area contributed by atoms with Crippen LogP contribution in [-0.4, -0.2) is 0 Å². The summed E-state index contributed by atoms with van der Waals surface area (Å²) < 4.78 is 0. The summed E-state index contributed by atoms with van der Waals surface area (Å²) in [5.74, 6) is 0. The minimum Gasteiger partial charge on any atom is -0.0654 e. The van der Waals surface area contributed by atoms with Crippen LogP contribution in [0.25, 0.3) is 55.6 Å². The first-order valence-corrected chi connectivity index (χ1v) is 19.3. The van der Waals surface area contributed by atoms with Gasteiger partial charge in [-0.1, -0.05) is 148 Å². The van der Waals surface area contributed by atoms with E-state index in [-0.39, 0.29) is 5.41 Å². The molecule has 0 aliphatic heterocycles. The van der Waals surface area contributed by atoms with Gasteiger partial charge in [0.25, 0.3) is 0 Å². The molecule has 0 aromatic heterocycles. The van der Waals surface area contributed by atoms with Gasteiger partial charge in [-0.05, 0) is 156 Å². The van der Waals surface area contributed by atoms with Crippen LogP contribution >= 0.6 is 0 Å². The number of hydrogen-bond donors (Lipinski definition) is 0. The highest BCUT2D eigenvalue weighted by atomic mass is 14.5. The van der Waals surface area contributed by atoms with Crippen molar-refractivity contribution in [3.8, 4) is 55.6 Å². The third-order valence-electron chi connectivity index (χ3n) is 11.7. The number of unbranched alkanes of at least 4 members (excludes halogenated alkanes) is 2. The van der Waals surface area contributed by atoms with Gasteiger partial charge in [-0.2, -0.15) is 0 Å². The van der Waals surface area contributed by atoms with Crippen LogP contribution in [0, 0.1) is 41.5 Å². The normalized spacial score (nSPS) is 12.9. The predicted molar refractivity (Wildman–Crippen MR) is 222 cm³/mol. The number of hydrogen-bond acceptors (Lipinski definition) is 0. The molecule has 0 saturated heterocycles. The maximum atomic E-state index is 2.57. The maximum Gasteiger partial charge on any atom is 0.0215 e. The Labute approximate surface area is 307 Å². The van der Waals surface area contributed by atoms with Crippen LogP contribution in [0.15, 0.2) is 109 Å². The van der Waals surface area contributed by atoms with Gasteiger partial charge in [0.05, 0.1) is 0 Å². The van der Waals surface area contributed by atoms with Crippen molar-refractivity contribution in [1.29, 1.82) is 0 Å². The first-order chi connectivity index (χ1) is 24.6. The minimum atomic E-state index is 0.0163. The van der Waals surface area contributed by atoms with Crippen molar-refractivity contribution in [2.24, 2.45) is 0 Å². The van der Waals surface area contributed by atoms with Gasteiger partial charge in [0.2, 0.25) is 0 Å². The monoisotopic (exact) mass is 666 g/mol. The van der Waals surface area contributed by atoms with Crippen LogP contribution in [0.2, 0.25) is 0 Å². The quantitative estimate of drug-likeness (QED) is 0.136. The highest BCUT2D eigenvalue weighted by molar-refractivity contribution is 5.87. The zero-order valence-corrected chi connectivity index (χ0v) is 32.1. The lowest BCUT2D eigenvalue weighted by Crippen LogP contribution is -2.25. The van der Waals surface area contributed by atoms with E-state index in [1.165, 1.54) is 139 Å². The molecule has 6 aromatic rings. The Morgan fingerprint density at radius 2 is 0.667 bits per heavy atom. The van der Waals surface area contributed by atoms with E-state index in [0.29, 0.717) is 0 Å². The first-order valence-electron chi connectivity index (χ1n) is 19.3. The van der Waals surface area contributed by atoms with Crippen molar-refractivity contribution in [3.63, 3.8) is 0 Å². The summed E-state index contributed by atoms with van der Waals surface area (Å²) in [5.41, 5.74) is 24.5. The summed E-state index contributed by atoms with van der Waals surface area (Å²) in [6, 6.07) is 42.5. The molecule has 0 bridgehead atoms. The van der Waals surface area contributed by atoms with E-state index < -0.39 is 0 Å². The minimum absolute atomic E-state index is 0.0163. The van der Waals surface area contributed by atoms with E-state index in [1.807, 2.05) is 0 Å². The maximum absolute atomic E-state index is 2.57. The fraction of sp³-hybridized carbons (Fsp3) is 0.294. The van der Waals surface area contributed by atoms with Crippen LogP contribution in [0.3, 0.4) is 0 Å². The molecular formula is C51H54. The number of rotatable bonds is 10. The van der Waals surface area contributed by atoms with Crippen molar-refractivity contribution in [3.05, 3.63) is 154 Å². The summed E-state index contributed by atoms with van der Waals surface area (Å²) in [4.78, 5) is 0. The molecule has 7 rings (SSSR count). The smallest absolute Gasteiger partial charge is 0.0215 e. The third kappa shape index (κ3) is 6.40. The van der Waals surface area contributed by atoms with E-state index in [0.717, 1.165) is 0 Å². The van der Waals surface area contributed by atoms with E-state index in [4.69, 9.17) is 0 Å². The van der Waals surface area contributed by atoms with Gasteiger partial charge >= 0.3 is 0 Å². The second-order valence-corrected chi connectivity index (χ2v) is 15.5. The summed E-state index contributed by atoms with van der Waals surface area (Å²) >= 11 is 0. The molecular weight excluding hydrogens is 613 g/mol. The highest BCUT2D eigenvalue weighted by Crippen LogP contribution is 2.56. The third-order valence-corrected chi connectivity index (χ3v) is 11.7. The Kier molecular flexibility index (Phi) is 9.64. The Morgan fingerprint density at radius 3 is 1.00 bits per heavy atom. The van der Waals surface area contributed by atoms with Crippen molar-refractivity contribution < 1.29 is 0 Å². The van der Waals surface area contributed by atoms with Gasteiger partial charge in [0.15, 0.2) is 0 Å². The molecule has 0 fully saturated rings. The second kappa shape index (κ2) is 14.1. The summed E-state index contributed by atoms with van der Waals surface area (Å²) in [5, 5.41) is 0. The molecule has 0 spiro atoms. The van der Waals surface area contributed by atoms with Gasteiger partial charge in [-0.3, -0.25) is 0 Å². The molecule has 0 atom stereocenters. The van der Waals surface area contributed by atoms with Crippen molar-refractivity contribution in [1.82, 2.24) is 0 Å². The first kappa shape index (κ1) is 34.8. The SMILES string of the molecule is CCCCC1(CCCC)c2cc(-c3ccc(-c4ccc(C)cc4C)cc3C)ccc2-c2ccc(-c3ccc(-c4ccc(C)cc4C)cc3C)cc21. The van der Waals surface area contributed by atoms with Crippen LogP contribution in [0.1, 0.15) is 96.9 Å². The molecule has 1 aliphatic carbocycles. The van der Waals surface area contributed by atoms with Crippen LogP contribution in [0.4, 0.5) is 0 Å². The second-order valence-electron chi connectivity index (χ2n) is 15.5.